The molecule has 1 aromatic heterocycles. The van der Waals surface area contributed by atoms with Crippen molar-refractivity contribution in [3.05, 3.63) is 29.3 Å². The van der Waals surface area contributed by atoms with Crippen molar-refractivity contribution >= 4 is 23.9 Å². The molecule has 0 unspecified atom stereocenters. The van der Waals surface area contributed by atoms with E-state index in [0.717, 1.165) is 32.4 Å². The van der Waals surface area contributed by atoms with Crippen LogP contribution in [0.3, 0.4) is 0 Å². The summed E-state index contributed by atoms with van der Waals surface area (Å²) >= 11 is 0. The van der Waals surface area contributed by atoms with Crippen LogP contribution in [0, 0.1) is 5.92 Å². The van der Waals surface area contributed by atoms with Gasteiger partial charge in [-0.05, 0) is 43.4 Å². The van der Waals surface area contributed by atoms with Gasteiger partial charge in [-0.2, -0.15) is 15.1 Å². The molecule has 0 radical (unpaired) electrons. The van der Waals surface area contributed by atoms with Crippen LogP contribution in [0.4, 0.5) is 11.8 Å². The van der Waals surface area contributed by atoms with Gasteiger partial charge in [0.1, 0.15) is 5.82 Å². The van der Waals surface area contributed by atoms with Gasteiger partial charge in [-0.3, -0.25) is 4.79 Å². The van der Waals surface area contributed by atoms with Crippen LogP contribution >= 0.6 is 0 Å². The summed E-state index contributed by atoms with van der Waals surface area (Å²) < 4.78 is 16.5. The van der Waals surface area contributed by atoms with Crippen molar-refractivity contribution in [1.29, 1.82) is 0 Å². The second kappa shape index (κ2) is 11.3. The zero-order valence-electron chi connectivity index (χ0n) is 19.6. The minimum Gasteiger partial charge on any atom is -0.493 e. The molecule has 33 heavy (non-hydrogen) atoms. The van der Waals surface area contributed by atoms with Crippen molar-refractivity contribution in [3.8, 4) is 17.4 Å². The lowest BCUT2D eigenvalue weighted by molar-refractivity contribution is 0.0954. The normalized spacial score (nSPS) is 13.5. The monoisotopic (exact) mass is 456 g/mol. The molecule has 0 aliphatic carbocycles. The second-order valence-electron chi connectivity index (χ2n) is 8.12. The molecule has 1 aliphatic heterocycles. The quantitative estimate of drug-likeness (QED) is 0.413. The Hall–Kier alpha value is -3.56. The number of aromatic nitrogens is 2. The summed E-state index contributed by atoms with van der Waals surface area (Å²) in [6.07, 6.45) is 4.54. The van der Waals surface area contributed by atoms with Crippen LogP contribution < -0.4 is 30.3 Å². The maximum Gasteiger partial charge on any atom is 0.271 e. The summed E-state index contributed by atoms with van der Waals surface area (Å²) in [7, 11) is 3.04. The molecule has 1 amide bonds. The number of carbonyl (C=O) groups is 1. The van der Waals surface area contributed by atoms with Crippen molar-refractivity contribution in [2.24, 2.45) is 11.0 Å². The van der Waals surface area contributed by atoms with Crippen molar-refractivity contribution < 1.29 is 19.0 Å². The number of carbonyl (C=O) groups excluding carboxylic acids is 1. The molecular weight excluding hydrogens is 424 g/mol. The third-order valence-electron chi connectivity index (χ3n) is 5.25. The van der Waals surface area contributed by atoms with Crippen molar-refractivity contribution in [2.75, 3.05) is 44.5 Å². The first kappa shape index (κ1) is 24.1. The Labute approximate surface area is 194 Å². The lowest BCUT2D eigenvalue weighted by atomic mass is 10.1. The van der Waals surface area contributed by atoms with Gasteiger partial charge in [0.25, 0.3) is 5.91 Å². The standard InChI is InChI=1S/C23H32N6O4/c1-15(2)9-12-33-18-8-7-16(13-19(18)31-3)21(30)28-25-14-17-20(29-10-5-6-11-29)26-23(24)27-22(17)32-4/h7-8,13-15H,5-6,9-12H2,1-4H3,(H,28,30)(H2,24,26,27)/b25-14+. The molecule has 2 heterocycles. The Balaban J connectivity index is 1.73. The van der Waals surface area contributed by atoms with E-state index in [4.69, 9.17) is 19.9 Å². The summed E-state index contributed by atoms with van der Waals surface area (Å²) in [5, 5.41) is 4.11. The van der Waals surface area contributed by atoms with Crippen LogP contribution in [0.1, 0.15) is 49.0 Å². The van der Waals surface area contributed by atoms with Gasteiger partial charge in [0.05, 0.1) is 32.6 Å². The molecule has 0 saturated carbocycles. The van der Waals surface area contributed by atoms with Crippen LogP contribution in [0.5, 0.6) is 17.4 Å². The van der Waals surface area contributed by atoms with Gasteiger partial charge in [-0.1, -0.05) is 13.8 Å². The van der Waals surface area contributed by atoms with E-state index in [0.29, 0.717) is 46.8 Å². The first-order valence-corrected chi connectivity index (χ1v) is 11.0. The Kier molecular flexibility index (Phi) is 8.28. The predicted molar refractivity (Wildman–Crippen MR) is 127 cm³/mol. The van der Waals surface area contributed by atoms with E-state index in [1.807, 2.05) is 0 Å². The van der Waals surface area contributed by atoms with E-state index in [2.05, 4.69) is 39.2 Å². The molecule has 2 aromatic rings. The highest BCUT2D eigenvalue weighted by molar-refractivity contribution is 5.96. The number of nitrogens with two attached hydrogens (primary N) is 1. The lowest BCUT2D eigenvalue weighted by Gasteiger charge is -2.19. The Bertz CT molecular complexity index is 989. The van der Waals surface area contributed by atoms with Gasteiger partial charge in [0, 0.05) is 18.7 Å². The summed E-state index contributed by atoms with van der Waals surface area (Å²) in [5.41, 5.74) is 9.32. The zero-order chi connectivity index (χ0) is 23.8. The van der Waals surface area contributed by atoms with Crippen LogP contribution in [0.2, 0.25) is 0 Å². The Morgan fingerprint density at radius 2 is 1.97 bits per heavy atom. The maximum atomic E-state index is 12.7. The fraction of sp³-hybridized carbons (Fsp3) is 0.478. The number of nitrogens with one attached hydrogen (secondary N) is 1. The molecule has 1 fully saturated rings. The maximum absolute atomic E-state index is 12.7. The van der Waals surface area contributed by atoms with Gasteiger partial charge >= 0.3 is 0 Å². The van der Waals surface area contributed by atoms with E-state index in [9.17, 15) is 4.79 Å². The molecule has 0 bridgehead atoms. The topological polar surface area (TPSA) is 124 Å². The van der Waals surface area contributed by atoms with Gasteiger partial charge in [-0.15, -0.1) is 0 Å². The lowest BCUT2D eigenvalue weighted by Crippen LogP contribution is -2.23. The molecule has 10 heteroatoms. The van der Waals surface area contributed by atoms with Crippen LogP contribution in [0.15, 0.2) is 23.3 Å². The van der Waals surface area contributed by atoms with Crippen LogP contribution in [0.25, 0.3) is 0 Å². The highest BCUT2D eigenvalue weighted by Gasteiger charge is 2.21. The summed E-state index contributed by atoms with van der Waals surface area (Å²) in [6, 6.07) is 5.01. The van der Waals surface area contributed by atoms with E-state index in [1.54, 1.807) is 18.2 Å². The number of hydrazone groups is 1. The molecule has 0 atom stereocenters. The second-order valence-corrected chi connectivity index (χ2v) is 8.12. The van der Waals surface area contributed by atoms with E-state index < -0.39 is 5.91 Å². The van der Waals surface area contributed by atoms with E-state index in [1.165, 1.54) is 20.4 Å². The minimum absolute atomic E-state index is 0.123. The molecule has 3 rings (SSSR count). The molecule has 10 nitrogen and oxygen atoms in total. The number of hydrogen-bond acceptors (Lipinski definition) is 9. The molecule has 1 aromatic carbocycles. The molecule has 1 aliphatic rings. The zero-order valence-corrected chi connectivity index (χ0v) is 19.6. The number of nitrogen functional groups attached to an aromatic ring is 1. The number of nitrogens with zero attached hydrogens (tertiary/aromatic N) is 4. The highest BCUT2D eigenvalue weighted by atomic mass is 16.5. The number of amides is 1. The first-order valence-electron chi connectivity index (χ1n) is 11.0. The molecule has 1 saturated heterocycles. The summed E-state index contributed by atoms with van der Waals surface area (Å²) in [5.74, 6) is 2.29. The number of rotatable bonds is 10. The van der Waals surface area contributed by atoms with Crippen molar-refractivity contribution in [2.45, 2.75) is 33.1 Å². The fourth-order valence-corrected chi connectivity index (χ4v) is 3.44. The largest absolute Gasteiger partial charge is 0.493 e. The summed E-state index contributed by atoms with van der Waals surface area (Å²) in [6.45, 7) is 6.56. The SMILES string of the molecule is COc1cc(C(=O)N/N=C/c2c(OC)nc(N)nc2N2CCCC2)ccc1OCCC(C)C. The van der Waals surface area contributed by atoms with E-state index >= 15 is 0 Å². The third-order valence-corrected chi connectivity index (χ3v) is 5.25. The van der Waals surface area contributed by atoms with E-state index in [-0.39, 0.29) is 5.95 Å². The van der Waals surface area contributed by atoms with Crippen molar-refractivity contribution in [3.63, 3.8) is 0 Å². The van der Waals surface area contributed by atoms with Gasteiger partial charge < -0.3 is 24.8 Å². The number of benzene rings is 1. The van der Waals surface area contributed by atoms with Crippen LogP contribution in [-0.2, 0) is 0 Å². The minimum atomic E-state index is -0.392. The average molecular weight is 457 g/mol. The number of methoxy groups -OCH3 is 2. The smallest absolute Gasteiger partial charge is 0.271 e. The number of anilines is 2. The molecule has 0 spiro atoms. The predicted octanol–water partition coefficient (Wildman–Crippen LogP) is 2.87. The Morgan fingerprint density at radius 3 is 2.64 bits per heavy atom. The Morgan fingerprint density at radius 1 is 1.21 bits per heavy atom. The first-order chi connectivity index (χ1) is 15.9. The fourth-order valence-electron chi connectivity index (χ4n) is 3.44. The molecule has 178 valence electrons. The van der Waals surface area contributed by atoms with Gasteiger partial charge in [0.15, 0.2) is 11.5 Å². The molecule has 3 N–H and O–H groups in total. The van der Waals surface area contributed by atoms with Crippen LogP contribution in [-0.4, -0.2) is 56.0 Å². The third kappa shape index (κ3) is 6.24. The average Bonchev–Trinajstić information content (AvgIpc) is 3.34. The summed E-state index contributed by atoms with van der Waals surface area (Å²) in [4.78, 5) is 23.3. The molecular formula is C23H32N6O4. The number of ether oxygens (including phenoxy) is 3. The van der Waals surface area contributed by atoms with Gasteiger partial charge in [-0.25, -0.2) is 5.43 Å². The highest BCUT2D eigenvalue weighted by Crippen LogP contribution is 2.29. The van der Waals surface area contributed by atoms with Crippen molar-refractivity contribution in [1.82, 2.24) is 15.4 Å². The number of hydrogen-bond donors (Lipinski definition) is 2. The van der Waals surface area contributed by atoms with Gasteiger partial charge in [0.2, 0.25) is 11.8 Å².